The number of aliphatic hydroxyl groups is 2. The van der Waals surface area contributed by atoms with Crippen molar-refractivity contribution < 1.29 is 63.3 Å². The smallest absolute Gasteiger partial charge is 0.328 e. The molecule has 23 nitrogen and oxygen atoms in total. The molecule has 2 aliphatic rings. The number of benzene rings is 1. The first-order valence-corrected chi connectivity index (χ1v) is 22.7. The summed E-state index contributed by atoms with van der Waals surface area (Å²) >= 11 is 1.36. The van der Waals surface area contributed by atoms with E-state index < -0.39 is 121 Å². The summed E-state index contributed by atoms with van der Waals surface area (Å²) < 4.78 is 0. The number of nitrogens with two attached hydrogens (primary N) is 1. The van der Waals surface area contributed by atoms with Gasteiger partial charge in [-0.05, 0) is 76.5 Å². The number of carbonyl (C=O) groups is 10. The predicted molar refractivity (Wildman–Crippen MR) is 234 cm³/mol. The van der Waals surface area contributed by atoms with Gasteiger partial charge in [-0.15, -0.1) is 0 Å². The van der Waals surface area contributed by atoms with Crippen molar-refractivity contribution >= 4 is 70.9 Å². The van der Waals surface area contributed by atoms with E-state index in [1.54, 1.807) is 36.6 Å². The molecule has 2 fully saturated rings. The number of hydrogen-bond donors (Lipinski definition) is 12. The topological polar surface area (TPSA) is 357 Å². The predicted octanol–water partition coefficient (Wildman–Crippen LogP) is -4.51. The highest BCUT2D eigenvalue weighted by Crippen LogP contribution is 2.21. The highest BCUT2D eigenvalue weighted by atomic mass is 32.2. The van der Waals surface area contributed by atoms with Gasteiger partial charge in [0.2, 0.25) is 53.2 Å². The molecule has 9 atom stereocenters. The maximum Gasteiger partial charge on any atom is 0.328 e. The maximum absolute atomic E-state index is 13.6. The van der Waals surface area contributed by atoms with Gasteiger partial charge in [-0.2, -0.15) is 11.8 Å². The molecule has 1 aromatic carbocycles. The van der Waals surface area contributed by atoms with Crippen LogP contribution < -0.4 is 48.3 Å². The van der Waals surface area contributed by atoms with E-state index in [0.29, 0.717) is 43.7 Å². The second kappa shape index (κ2) is 26.8. The molecule has 65 heavy (non-hydrogen) atoms. The lowest BCUT2D eigenvalue weighted by molar-refractivity contribution is -0.143. The van der Waals surface area contributed by atoms with E-state index >= 15 is 0 Å². The van der Waals surface area contributed by atoms with Crippen molar-refractivity contribution in [1.82, 2.24) is 47.4 Å². The van der Waals surface area contributed by atoms with Crippen molar-refractivity contribution in [2.45, 2.75) is 120 Å². The van der Waals surface area contributed by atoms with Gasteiger partial charge in [0.05, 0.1) is 25.3 Å². The van der Waals surface area contributed by atoms with Crippen LogP contribution in [-0.4, -0.2) is 172 Å². The summed E-state index contributed by atoms with van der Waals surface area (Å²) in [6.45, 7) is 1.92. The van der Waals surface area contributed by atoms with Gasteiger partial charge in [0.1, 0.15) is 42.3 Å². The molecular formula is C41H62N10O13S. The van der Waals surface area contributed by atoms with Crippen molar-refractivity contribution in [3.05, 3.63) is 35.9 Å². The van der Waals surface area contributed by atoms with E-state index in [1.807, 2.05) is 0 Å². The molecule has 2 aliphatic heterocycles. The van der Waals surface area contributed by atoms with Gasteiger partial charge in [-0.25, -0.2) is 4.79 Å². The van der Waals surface area contributed by atoms with Crippen LogP contribution in [-0.2, 0) is 54.4 Å². The van der Waals surface area contributed by atoms with Gasteiger partial charge in [-0.3, -0.25) is 43.2 Å². The molecule has 0 unspecified atom stereocenters. The molecule has 0 radical (unpaired) electrons. The number of primary amides is 1. The van der Waals surface area contributed by atoms with Crippen LogP contribution in [0.4, 0.5) is 0 Å². The van der Waals surface area contributed by atoms with E-state index in [2.05, 4.69) is 42.5 Å². The molecule has 0 bridgehead atoms. The van der Waals surface area contributed by atoms with Gasteiger partial charge in [0, 0.05) is 19.4 Å². The van der Waals surface area contributed by atoms with Crippen LogP contribution in [0.5, 0.6) is 0 Å². The Bertz CT molecular complexity index is 1850. The zero-order chi connectivity index (χ0) is 48.2. The molecule has 2 saturated heterocycles. The highest BCUT2D eigenvalue weighted by molar-refractivity contribution is 7.98. The third-order valence-electron chi connectivity index (χ3n) is 10.7. The fourth-order valence-electron chi connectivity index (χ4n) is 7.11. The number of carboxylic acid groups (broad SMARTS) is 1. The summed E-state index contributed by atoms with van der Waals surface area (Å²) in [6.07, 6.45) is 1.92. The monoisotopic (exact) mass is 934 g/mol. The standard InChI is InChI=1S/C41H62N10O13S/c1-22(34(56)46-26(15-18-65-3)36(58)48-28(19-24-9-5-4-6-10-24)37(59)49-29(21-52)41(63)64)45-32(55)20-44-35(57)25(13-14-31(42)54)47-39(61)33(23(2)53)50-38(60)30-12-8-17-51(30)40(62)27-11-7-16-43-27/h4-6,9-10,22-23,25-30,33,43,52-53H,7-8,11-21H2,1-3H3,(H2,42,54)(H,44,57)(H,45,55)(H,46,56)(H,47,61)(H,48,58)(H,49,59)(H,50,60)(H,63,64)/t22-,23+,25-,26-,27-,28-,29-,30-,33-/m0/s1. The van der Waals surface area contributed by atoms with Crippen LogP contribution in [0.25, 0.3) is 0 Å². The lowest BCUT2D eigenvalue weighted by Crippen LogP contribution is -2.60. The number of likely N-dealkylation sites (tertiary alicyclic amines) is 1. The van der Waals surface area contributed by atoms with E-state index in [4.69, 9.17) is 5.73 Å². The normalized spacial score (nSPS) is 18.9. The van der Waals surface area contributed by atoms with Gasteiger partial charge >= 0.3 is 5.97 Å². The van der Waals surface area contributed by atoms with Crippen molar-refractivity contribution in [3.63, 3.8) is 0 Å². The third-order valence-corrected chi connectivity index (χ3v) is 11.4. The average molecular weight is 935 g/mol. The summed E-state index contributed by atoms with van der Waals surface area (Å²) in [7, 11) is 0. The van der Waals surface area contributed by atoms with E-state index in [9.17, 15) is 63.3 Å². The Balaban J connectivity index is 1.62. The van der Waals surface area contributed by atoms with Crippen molar-refractivity contribution in [2.75, 3.05) is 38.2 Å². The Morgan fingerprint density at radius 3 is 2.03 bits per heavy atom. The number of thioether (sulfide) groups is 1. The molecule has 0 aromatic heterocycles. The lowest BCUT2D eigenvalue weighted by atomic mass is 10.0. The highest BCUT2D eigenvalue weighted by Gasteiger charge is 2.40. The summed E-state index contributed by atoms with van der Waals surface area (Å²) in [4.78, 5) is 131. The lowest BCUT2D eigenvalue weighted by Gasteiger charge is -2.29. The molecule has 0 spiro atoms. The van der Waals surface area contributed by atoms with Crippen LogP contribution in [0.1, 0.15) is 64.4 Å². The molecule has 2 heterocycles. The Hall–Kier alpha value is -5.85. The average Bonchev–Trinajstić information content (AvgIpc) is 4.00. The molecule has 0 saturated carbocycles. The SMILES string of the molecule is CSCC[C@H](NC(=O)[C@H](C)NC(=O)CNC(=O)[C@H](CCC(N)=O)NC(=O)[C@@H](NC(=O)[C@@H]1CCCN1C(=O)[C@@H]1CCCN1)[C@@H](C)O)C(=O)N[C@@H](Cc1ccccc1)C(=O)N[C@@H](CO)C(=O)O. The maximum atomic E-state index is 13.6. The molecule has 9 amide bonds. The number of nitrogens with zero attached hydrogens (tertiary/aromatic N) is 1. The van der Waals surface area contributed by atoms with Crippen LogP contribution in [0.3, 0.4) is 0 Å². The molecule has 1 aromatic rings. The summed E-state index contributed by atoms with van der Waals surface area (Å²) in [6, 6.07) is -1.35. The fraction of sp³-hybridized carbons (Fsp3) is 0.610. The van der Waals surface area contributed by atoms with Crippen LogP contribution >= 0.6 is 11.8 Å². The van der Waals surface area contributed by atoms with Crippen molar-refractivity contribution in [1.29, 1.82) is 0 Å². The Morgan fingerprint density at radius 1 is 0.800 bits per heavy atom. The number of amides is 9. The van der Waals surface area contributed by atoms with Crippen LogP contribution in [0.15, 0.2) is 30.3 Å². The number of nitrogens with one attached hydrogen (secondary N) is 8. The minimum absolute atomic E-state index is 0.0661. The zero-order valence-corrected chi connectivity index (χ0v) is 37.4. The number of carboxylic acids is 1. The minimum Gasteiger partial charge on any atom is -0.480 e. The van der Waals surface area contributed by atoms with Crippen LogP contribution in [0.2, 0.25) is 0 Å². The van der Waals surface area contributed by atoms with Gasteiger partial charge in [0.15, 0.2) is 0 Å². The molecule has 13 N–H and O–H groups in total. The minimum atomic E-state index is -1.65. The number of aliphatic hydroxyl groups excluding tert-OH is 2. The summed E-state index contributed by atoms with van der Waals surface area (Å²) in [5.41, 5.74) is 5.91. The fourth-order valence-corrected chi connectivity index (χ4v) is 7.58. The van der Waals surface area contributed by atoms with Gasteiger partial charge in [-0.1, -0.05) is 30.3 Å². The number of rotatable bonds is 26. The second-order valence-electron chi connectivity index (χ2n) is 15.8. The molecule has 3 rings (SSSR count). The zero-order valence-electron chi connectivity index (χ0n) is 36.6. The Labute approximate surface area is 380 Å². The Morgan fingerprint density at radius 2 is 1.43 bits per heavy atom. The van der Waals surface area contributed by atoms with E-state index in [0.717, 1.165) is 6.42 Å². The first-order chi connectivity index (χ1) is 30.9. The molecule has 360 valence electrons. The van der Waals surface area contributed by atoms with Gasteiger partial charge < -0.3 is 68.5 Å². The Kier molecular flexibility index (Phi) is 22.1. The van der Waals surface area contributed by atoms with E-state index in [-0.39, 0.29) is 31.6 Å². The van der Waals surface area contributed by atoms with Crippen molar-refractivity contribution in [3.8, 4) is 0 Å². The third kappa shape index (κ3) is 17.2. The molecule has 24 heteroatoms. The molecular weight excluding hydrogens is 873 g/mol. The summed E-state index contributed by atoms with van der Waals surface area (Å²) in [5, 5.41) is 49.2. The number of aliphatic carboxylic acids is 1. The first-order valence-electron chi connectivity index (χ1n) is 21.3. The first kappa shape index (κ1) is 53.5. The summed E-state index contributed by atoms with van der Waals surface area (Å²) in [5.74, 6) is -8.17. The number of hydrogen-bond acceptors (Lipinski definition) is 14. The van der Waals surface area contributed by atoms with E-state index in [1.165, 1.54) is 30.5 Å². The quantitative estimate of drug-likeness (QED) is 0.0417. The number of carbonyl (C=O) groups excluding carboxylic acids is 9. The second-order valence-corrected chi connectivity index (χ2v) is 16.8. The molecule has 0 aliphatic carbocycles. The van der Waals surface area contributed by atoms with Crippen LogP contribution in [0, 0.1) is 0 Å². The van der Waals surface area contributed by atoms with Gasteiger partial charge in [0.25, 0.3) is 0 Å². The van der Waals surface area contributed by atoms with Crippen molar-refractivity contribution in [2.24, 2.45) is 5.73 Å². The largest absolute Gasteiger partial charge is 0.480 e.